The zero-order valence-corrected chi connectivity index (χ0v) is 9.79. The summed E-state index contributed by atoms with van der Waals surface area (Å²) in [5.74, 6) is 0.635. The van der Waals surface area contributed by atoms with Crippen molar-refractivity contribution in [2.75, 3.05) is 13.1 Å². The minimum atomic E-state index is 0.635. The molecule has 15 heavy (non-hydrogen) atoms. The molecule has 0 spiro atoms. The van der Waals surface area contributed by atoms with Crippen LogP contribution in [0.5, 0.6) is 0 Å². The molecule has 1 fully saturated rings. The Balaban J connectivity index is 2.10. The first-order valence-corrected chi connectivity index (χ1v) is 6.04. The van der Waals surface area contributed by atoms with Gasteiger partial charge in [0.2, 0.25) is 0 Å². The van der Waals surface area contributed by atoms with Gasteiger partial charge in [-0.3, -0.25) is 4.68 Å². The molecule has 2 heterocycles. The van der Waals surface area contributed by atoms with Crippen molar-refractivity contribution in [2.45, 2.75) is 38.5 Å². The lowest BCUT2D eigenvalue weighted by Crippen LogP contribution is -2.28. The van der Waals surface area contributed by atoms with Gasteiger partial charge in [-0.2, -0.15) is 5.10 Å². The van der Waals surface area contributed by atoms with Crippen LogP contribution in [0.15, 0.2) is 6.07 Å². The average molecular weight is 207 g/mol. The van der Waals surface area contributed by atoms with Gasteiger partial charge in [-0.25, -0.2) is 0 Å². The molecule has 1 unspecified atom stereocenters. The number of nitrogens with one attached hydrogen (secondary N) is 1. The van der Waals surface area contributed by atoms with Gasteiger partial charge in [-0.15, -0.1) is 0 Å². The highest BCUT2D eigenvalue weighted by Gasteiger charge is 2.18. The fourth-order valence-corrected chi connectivity index (χ4v) is 2.32. The normalized spacial score (nSPS) is 21.9. The molecule has 1 saturated heterocycles. The van der Waals surface area contributed by atoms with Gasteiger partial charge in [-0.1, -0.05) is 13.3 Å². The summed E-state index contributed by atoms with van der Waals surface area (Å²) in [5.41, 5.74) is 2.66. The van der Waals surface area contributed by atoms with Crippen molar-refractivity contribution < 1.29 is 0 Å². The molecule has 0 radical (unpaired) electrons. The smallest absolute Gasteiger partial charge is 0.0670 e. The second kappa shape index (κ2) is 4.79. The number of aromatic nitrogens is 2. The van der Waals surface area contributed by atoms with E-state index in [4.69, 9.17) is 0 Å². The SMILES string of the molecule is CCCc1cc(C2CCCNC2)nn1C. The fourth-order valence-electron chi connectivity index (χ4n) is 2.32. The number of rotatable bonds is 3. The molecule has 0 aromatic carbocycles. The van der Waals surface area contributed by atoms with Crippen molar-refractivity contribution in [3.05, 3.63) is 17.5 Å². The summed E-state index contributed by atoms with van der Waals surface area (Å²) in [6.07, 6.45) is 4.91. The monoisotopic (exact) mass is 207 g/mol. The Morgan fingerprint density at radius 3 is 3.13 bits per heavy atom. The molecule has 2 rings (SSSR count). The van der Waals surface area contributed by atoms with Gasteiger partial charge in [0, 0.05) is 25.2 Å². The maximum Gasteiger partial charge on any atom is 0.0670 e. The summed E-state index contributed by atoms with van der Waals surface area (Å²) in [5, 5.41) is 8.07. The van der Waals surface area contributed by atoms with Gasteiger partial charge in [0.05, 0.1) is 5.69 Å². The van der Waals surface area contributed by atoms with E-state index in [0.717, 1.165) is 13.0 Å². The second-order valence-corrected chi connectivity index (χ2v) is 4.48. The van der Waals surface area contributed by atoms with E-state index < -0.39 is 0 Å². The summed E-state index contributed by atoms with van der Waals surface area (Å²) < 4.78 is 2.05. The van der Waals surface area contributed by atoms with E-state index >= 15 is 0 Å². The van der Waals surface area contributed by atoms with Crippen molar-refractivity contribution in [1.82, 2.24) is 15.1 Å². The van der Waals surface area contributed by atoms with E-state index in [1.807, 2.05) is 4.68 Å². The van der Waals surface area contributed by atoms with Gasteiger partial charge < -0.3 is 5.32 Å². The maximum absolute atomic E-state index is 4.63. The first-order valence-electron chi connectivity index (χ1n) is 6.04. The van der Waals surface area contributed by atoms with Crippen molar-refractivity contribution >= 4 is 0 Å². The Morgan fingerprint density at radius 2 is 2.47 bits per heavy atom. The van der Waals surface area contributed by atoms with Gasteiger partial charge in [-0.05, 0) is 31.9 Å². The highest BCUT2D eigenvalue weighted by atomic mass is 15.3. The van der Waals surface area contributed by atoms with Crippen LogP contribution < -0.4 is 5.32 Å². The third-order valence-corrected chi connectivity index (χ3v) is 3.22. The van der Waals surface area contributed by atoms with Crippen molar-refractivity contribution in [2.24, 2.45) is 7.05 Å². The Bertz CT molecular complexity index is 311. The molecule has 1 aromatic rings. The van der Waals surface area contributed by atoms with E-state index in [1.165, 1.54) is 37.2 Å². The predicted molar refractivity (Wildman–Crippen MR) is 62.0 cm³/mol. The highest BCUT2D eigenvalue weighted by Crippen LogP contribution is 2.22. The number of hydrogen-bond donors (Lipinski definition) is 1. The molecule has 1 aliphatic heterocycles. The van der Waals surface area contributed by atoms with E-state index in [-0.39, 0.29) is 0 Å². The third kappa shape index (κ3) is 2.40. The lowest BCUT2D eigenvalue weighted by Gasteiger charge is -2.20. The summed E-state index contributed by atoms with van der Waals surface area (Å²) in [4.78, 5) is 0. The number of piperidine rings is 1. The number of hydrogen-bond acceptors (Lipinski definition) is 2. The molecular formula is C12H21N3. The first-order chi connectivity index (χ1) is 7.31. The Labute approximate surface area is 91.9 Å². The minimum absolute atomic E-state index is 0.635. The van der Waals surface area contributed by atoms with E-state index in [0.29, 0.717) is 5.92 Å². The van der Waals surface area contributed by atoms with Gasteiger partial charge in [0.15, 0.2) is 0 Å². The molecule has 3 nitrogen and oxygen atoms in total. The summed E-state index contributed by atoms with van der Waals surface area (Å²) >= 11 is 0. The van der Waals surface area contributed by atoms with Crippen LogP contribution in [0.1, 0.15) is 43.5 Å². The van der Waals surface area contributed by atoms with Crippen LogP contribution >= 0.6 is 0 Å². The zero-order valence-electron chi connectivity index (χ0n) is 9.79. The van der Waals surface area contributed by atoms with E-state index in [1.54, 1.807) is 0 Å². The second-order valence-electron chi connectivity index (χ2n) is 4.48. The molecule has 1 aliphatic rings. The van der Waals surface area contributed by atoms with Crippen molar-refractivity contribution in [3.8, 4) is 0 Å². The van der Waals surface area contributed by atoms with Crippen LogP contribution in [0, 0.1) is 0 Å². The lowest BCUT2D eigenvalue weighted by molar-refractivity contribution is 0.451. The predicted octanol–water partition coefficient (Wildman–Crippen LogP) is 1.84. The third-order valence-electron chi connectivity index (χ3n) is 3.22. The van der Waals surface area contributed by atoms with Crippen LogP contribution in [-0.4, -0.2) is 22.9 Å². The number of aryl methyl sites for hydroxylation is 2. The maximum atomic E-state index is 4.63. The van der Waals surface area contributed by atoms with Gasteiger partial charge in [0.1, 0.15) is 0 Å². The highest BCUT2D eigenvalue weighted by molar-refractivity contribution is 5.15. The molecule has 0 aliphatic carbocycles. The average Bonchev–Trinajstić information content (AvgIpc) is 2.63. The molecule has 0 bridgehead atoms. The molecular weight excluding hydrogens is 186 g/mol. The molecule has 3 heteroatoms. The van der Waals surface area contributed by atoms with Crippen molar-refractivity contribution in [1.29, 1.82) is 0 Å². The van der Waals surface area contributed by atoms with Crippen LogP contribution in [0.3, 0.4) is 0 Å². The van der Waals surface area contributed by atoms with E-state index in [9.17, 15) is 0 Å². The van der Waals surface area contributed by atoms with Crippen LogP contribution in [0.25, 0.3) is 0 Å². The van der Waals surface area contributed by atoms with E-state index in [2.05, 4.69) is 30.5 Å². The minimum Gasteiger partial charge on any atom is -0.316 e. The molecule has 1 atom stereocenters. The topological polar surface area (TPSA) is 29.9 Å². The van der Waals surface area contributed by atoms with Gasteiger partial charge >= 0.3 is 0 Å². The summed E-state index contributed by atoms with van der Waals surface area (Å²) in [7, 11) is 2.06. The molecule has 0 saturated carbocycles. The standard InChI is InChI=1S/C12H21N3/c1-3-5-11-8-12(14-15(11)2)10-6-4-7-13-9-10/h8,10,13H,3-7,9H2,1-2H3. The Morgan fingerprint density at radius 1 is 1.60 bits per heavy atom. The quantitative estimate of drug-likeness (QED) is 0.819. The van der Waals surface area contributed by atoms with Crippen LogP contribution in [-0.2, 0) is 13.5 Å². The summed E-state index contributed by atoms with van der Waals surface area (Å²) in [6.45, 7) is 4.49. The van der Waals surface area contributed by atoms with Crippen LogP contribution in [0.4, 0.5) is 0 Å². The zero-order chi connectivity index (χ0) is 10.7. The van der Waals surface area contributed by atoms with Gasteiger partial charge in [0.25, 0.3) is 0 Å². The number of nitrogens with zero attached hydrogens (tertiary/aromatic N) is 2. The van der Waals surface area contributed by atoms with Crippen LogP contribution in [0.2, 0.25) is 0 Å². The molecule has 1 aromatic heterocycles. The lowest BCUT2D eigenvalue weighted by atomic mass is 9.96. The Hall–Kier alpha value is -0.830. The molecule has 84 valence electrons. The molecule has 1 N–H and O–H groups in total. The first kappa shape index (κ1) is 10.7. The van der Waals surface area contributed by atoms with Crippen molar-refractivity contribution in [3.63, 3.8) is 0 Å². The fraction of sp³-hybridized carbons (Fsp3) is 0.750. The molecule has 0 amide bonds. The Kier molecular flexibility index (Phi) is 3.41. The largest absolute Gasteiger partial charge is 0.316 e. The summed E-state index contributed by atoms with van der Waals surface area (Å²) in [6, 6.07) is 2.29.